The lowest BCUT2D eigenvalue weighted by atomic mass is 10.1. The van der Waals surface area contributed by atoms with Gasteiger partial charge in [-0.3, -0.25) is 0 Å². The van der Waals surface area contributed by atoms with Crippen LogP contribution in [0, 0.1) is 0 Å². The van der Waals surface area contributed by atoms with Crippen LogP contribution in [0.25, 0.3) is 0 Å². The van der Waals surface area contributed by atoms with Crippen LogP contribution >= 0.6 is 7.34 Å². The van der Waals surface area contributed by atoms with E-state index in [2.05, 4.69) is 6.30 Å². The third-order valence-electron chi connectivity index (χ3n) is 2.08. The Balaban J connectivity index is 2.53. The van der Waals surface area contributed by atoms with Crippen LogP contribution in [0.4, 0.5) is 0 Å². The molecule has 1 N–H and O–H groups in total. The summed E-state index contributed by atoms with van der Waals surface area (Å²) in [5.41, 5.74) is 0. The smallest absolute Gasteiger partial charge is 0.112 e. The van der Waals surface area contributed by atoms with Gasteiger partial charge in [-0.2, -0.15) is 0 Å². The zero-order valence-corrected chi connectivity index (χ0v) is 9.87. The monoisotopic (exact) mass is 222 g/mol. The van der Waals surface area contributed by atoms with Gasteiger partial charge in [0.2, 0.25) is 0 Å². The summed E-state index contributed by atoms with van der Waals surface area (Å²) in [6.07, 6.45) is 4.38. The van der Waals surface area contributed by atoms with Crippen molar-refractivity contribution in [2.45, 2.75) is 31.7 Å². The minimum atomic E-state index is -2.44. The summed E-state index contributed by atoms with van der Waals surface area (Å²) in [7, 11) is -0.812. The average molecular weight is 222 g/mol. The first kappa shape index (κ1) is 12.2. The van der Waals surface area contributed by atoms with Gasteiger partial charge in [-0.1, -0.05) is 6.30 Å². The fourth-order valence-corrected chi connectivity index (χ4v) is 2.44. The Bertz CT molecular complexity index is 225. The maximum Gasteiger partial charge on any atom is 0.112 e. The van der Waals surface area contributed by atoms with E-state index >= 15 is 0 Å². The highest BCUT2D eigenvalue weighted by atomic mass is 31.2. The number of ether oxygens (including phenoxy) is 2. The number of hydrogen-bond acceptors (Lipinski definition) is 4. The lowest BCUT2D eigenvalue weighted by Gasteiger charge is -2.22. The Kier molecular flexibility index (Phi) is 4.16. The molecule has 1 fully saturated rings. The lowest BCUT2D eigenvalue weighted by Crippen LogP contribution is -2.27. The van der Waals surface area contributed by atoms with Crippen molar-refractivity contribution in [3.8, 4) is 0 Å². The van der Waals surface area contributed by atoms with Crippen molar-refractivity contribution in [2.75, 3.05) is 20.4 Å². The molecule has 84 valence electrons. The summed E-state index contributed by atoms with van der Waals surface area (Å²) in [6.45, 7) is 4.11. The molecular formula is C9H19O4P. The lowest BCUT2D eigenvalue weighted by molar-refractivity contribution is -0.0228. The van der Waals surface area contributed by atoms with Gasteiger partial charge in [-0.05, 0) is 6.92 Å². The standard InChI is InChI=1S/C9H19O4P/c1-7-5-8(13-14(3,4)10)9(12-7)6-11-2/h7-10H,3,5-6H2,1-2,4H3. The SMILES string of the molecule is C=P(C)(O)OC1CC(C)OC1COC. The van der Waals surface area contributed by atoms with E-state index in [1.807, 2.05) is 6.92 Å². The summed E-state index contributed by atoms with van der Waals surface area (Å²) in [4.78, 5) is 9.53. The molecule has 1 heterocycles. The van der Waals surface area contributed by atoms with Gasteiger partial charge in [0.25, 0.3) is 0 Å². The summed E-state index contributed by atoms with van der Waals surface area (Å²) >= 11 is 0. The molecule has 4 unspecified atom stereocenters. The number of methoxy groups -OCH3 is 1. The van der Waals surface area contributed by atoms with Gasteiger partial charge in [0.05, 0.1) is 18.8 Å². The van der Waals surface area contributed by atoms with Gasteiger partial charge in [-0.15, -0.1) is 0 Å². The van der Waals surface area contributed by atoms with Gasteiger partial charge < -0.3 is 18.9 Å². The van der Waals surface area contributed by atoms with E-state index in [-0.39, 0.29) is 18.3 Å². The van der Waals surface area contributed by atoms with Crippen molar-refractivity contribution in [1.29, 1.82) is 0 Å². The van der Waals surface area contributed by atoms with Gasteiger partial charge in [-0.25, -0.2) is 0 Å². The summed E-state index contributed by atoms with van der Waals surface area (Å²) in [5.74, 6) is 0. The predicted octanol–water partition coefficient (Wildman–Crippen LogP) is 1.10. The zero-order valence-electron chi connectivity index (χ0n) is 8.97. The van der Waals surface area contributed by atoms with Crippen LogP contribution in [-0.2, 0) is 14.0 Å². The fraction of sp³-hybridized carbons (Fsp3) is 0.889. The average Bonchev–Trinajstić information content (AvgIpc) is 2.28. The van der Waals surface area contributed by atoms with Gasteiger partial charge in [0.15, 0.2) is 0 Å². The van der Waals surface area contributed by atoms with Crippen LogP contribution in [0.5, 0.6) is 0 Å². The van der Waals surface area contributed by atoms with Crippen LogP contribution in [0.1, 0.15) is 13.3 Å². The van der Waals surface area contributed by atoms with Crippen LogP contribution in [-0.4, -0.2) is 49.9 Å². The van der Waals surface area contributed by atoms with Crippen LogP contribution in [0.3, 0.4) is 0 Å². The molecule has 0 bridgehead atoms. The minimum absolute atomic E-state index is 0.0803. The molecule has 5 heteroatoms. The minimum Gasteiger partial charge on any atom is -0.382 e. The van der Waals surface area contributed by atoms with Gasteiger partial charge in [0.1, 0.15) is 13.4 Å². The number of rotatable bonds is 4. The highest BCUT2D eigenvalue weighted by molar-refractivity contribution is 7.62. The maximum absolute atomic E-state index is 9.53. The second-order valence-corrected chi connectivity index (χ2v) is 6.18. The third-order valence-corrected chi connectivity index (χ3v) is 2.80. The molecule has 0 spiro atoms. The Morgan fingerprint density at radius 3 is 2.79 bits per heavy atom. The molecule has 4 atom stereocenters. The van der Waals surface area contributed by atoms with Crippen LogP contribution in [0.2, 0.25) is 0 Å². The van der Waals surface area contributed by atoms with E-state index < -0.39 is 7.34 Å². The first-order chi connectivity index (χ1) is 6.42. The molecule has 0 radical (unpaired) electrons. The van der Waals surface area contributed by atoms with Crippen molar-refractivity contribution in [3.63, 3.8) is 0 Å². The van der Waals surface area contributed by atoms with Crippen molar-refractivity contribution in [3.05, 3.63) is 0 Å². The predicted molar refractivity (Wildman–Crippen MR) is 57.9 cm³/mol. The summed E-state index contributed by atoms with van der Waals surface area (Å²) < 4.78 is 16.1. The molecular weight excluding hydrogens is 203 g/mol. The molecule has 0 amide bonds. The molecule has 0 saturated carbocycles. The zero-order chi connectivity index (χ0) is 10.8. The Labute approximate surface area is 85.3 Å². The Morgan fingerprint density at radius 1 is 1.64 bits per heavy atom. The Hall–Kier alpha value is 0.140. The van der Waals surface area contributed by atoms with E-state index in [1.54, 1.807) is 13.8 Å². The molecule has 1 rings (SSSR count). The van der Waals surface area contributed by atoms with Crippen molar-refractivity contribution in [1.82, 2.24) is 0 Å². The van der Waals surface area contributed by atoms with Crippen molar-refractivity contribution in [2.24, 2.45) is 0 Å². The molecule has 0 aromatic carbocycles. The van der Waals surface area contributed by atoms with Crippen molar-refractivity contribution >= 4 is 13.6 Å². The number of hydrogen-bond donors (Lipinski definition) is 1. The van der Waals surface area contributed by atoms with E-state index in [9.17, 15) is 4.89 Å². The topological polar surface area (TPSA) is 47.9 Å². The normalized spacial score (nSPS) is 37.0. The van der Waals surface area contributed by atoms with E-state index in [0.29, 0.717) is 6.61 Å². The largest absolute Gasteiger partial charge is 0.382 e. The van der Waals surface area contributed by atoms with Gasteiger partial charge in [0, 0.05) is 20.2 Å². The molecule has 4 nitrogen and oxygen atoms in total. The summed E-state index contributed by atoms with van der Waals surface area (Å²) in [6, 6.07) is 0. The highest BCUT2D eigenvalue weighted by Crippen LogP contribution is 2.41. The second kappa shape index (κ2) is 4.77. The second-order valence-electron chi connectivity index (χ2n) is 3.87. The third kappa shape index (κ3) is 3.71. The quantitative estimate of drug-likeness (QED) is 0.723. The van der Waals surface area contributed by atoms with E-state index in [1.165, 1.54) is 0 Å². The molecule has 1 aliphatic heterocycles. The maximum atomic E-state index is 9.53. The van der Waals surface area contributed by atoms with Crippen LogP contribution < -0.4 is 0 Å². The molecule has 14 heavy (non-hydrogen) atoms. The molecule has 0 aromatic heterocycles. The molecule has 0 aliphatic carbocycles. The first-order valence-corrected chi connectivity index (χ1v) is 6.98. The highest BCUT2D eigenvalue weighted by Gasteiger charge is 2.35. The molecule has 1 aliphatic rings. The fourth-order valence-electron chi connectivity index (χ4n) is 1.63. The summed E-state index contributed by atoms with van der Waals surface area (Å²) in [5, 5.41) is 0. The Morgan fingerprint density at radius 2 is 2.29 bits per heavy atom. The van der Waals surface area contributed by atoms with Crippen molar-refractivity contribution < 1.29 is 18.9 Å². The van der Waals surface area contributed by atoms with Gasteiger partial charge >= 0.3 is 0 Å². The van der Waals surface area contributed by atoms with Crippen LogP contribution in [0.15, 0.2) is 0 Å². The molecule has 0 aromatic rings. The molecule has 1 saturated heterocycles. The van der Waals surface area contributed by atoms with E-state index in [0.717, 1.165) is 6.42 Å². The first-order valence-electron chi connectivity index (χ1n) is 4.69. The van der Waals surface area contributed by atoms with E-state index in [4.69, 9.17) is 14.0 Å².